The van der Waals surface area contributed by atoms with Gasteiger partial charge in [0, 0.05) is 62.0 Å². The molecule has 0 atom stereocenters. The Kier molecular flexibility index (Phi) is 6.39. The van der Waals surface area contributed by atoms with E-state index in [9.17, 15) is 0 Å². The summed E-state index contributed by atoms with van der Waals surface area (Å²) in [7, 11) is 0. The summed E-state index contributed by atoms with van der Waals surface area (Å²) in [6.45, 7) is -0.190. The molecule has 0 spiro atoms. The zero-order valence-electron chi connectivity index (χ0n) is 36.1. The van der Waals surface area contributed by atoms with Crippen molar-refractivity contribution in [2.75, 3.05) is 14.7 Å². The molecule has 8 aromatic carbocycles. The largest absolute Gasteiger partial charge is 0.311 e. The predicted molar refractivity (Wildman–Crippen MR) is 247 cm³/mol. The molecule has 4 heterocycles. The molecule has 0 radical (unpaired) electrons. The van der Waals surface area contributed by atoms with Crippen LogP contribution in [0.3, 0.4) is 0 Å². The van der Waals surface area contributed by atoms with Crippen molar-refractivity contribution in [2.24, 2.45) is 0 Å². The first-order valence-corrected chi connectivity index (χ1v) is 20.2. The second kappa shape index (κ2) is 13.2. The number of benzene rings is 8. The molecular weight excluding hydrogens is 723 g/mol. The normalized spacial score (nSPS) is 13.9. The maximum Gasteiger partial charge on any atom is 0.254 e. The maximum atomic E-state index is 9.15. The zero-order chi connectivity index (χ0) is 42.5. The van der Waals surface area contributed by atoms with Crippen LogP contribution in [-0.4, -0.2) is 11.3 Å². The van der Waals surface area contributed by atoms with Crippen LogP contribution < -0.4 is 31.1 Å². The fourth-order valence-corrected chi connectivity index (χ4v) is 10.6. The molecule has 0 fully saturated rings. The van der Waals surface area contributed by atoms with Crippen molar-refractivity contribution < 1.29 is 6.85 Å². The van der Waals surface area contributed by atoms with Gasteiger partial charge in [-0.25, -0.2) is 0 Å². The van der Waals surface area contributed by atoms with Crippen LogP contribution in [0.4, 0.5) is 50.5 Å². The first-order valence-electron chi connectivity index (χ1n) is 21.9. The molecule has 2 aliphatic heterocycles. The summed E-state index contributed by atoms with van der Waals surface area (Å²) in [5, 5.41) is 3.56. The fourth-order valence-electron chi connectivity index (χ4n) is 9.15. The van der Waals surface area contributed by atoms with Crippen molar-refractivity contribution in [3.8, 4) is 5.69 Å². The maximum absolute atomic E-state index is 9.15. The van der Waals surface area contributed by atoms with E-state index in [0.717, 1.165) is 50.1 Å². The Morgan fingerprint density at radius 2 is 1.09 bits per heavy atom. The fraction of sp³-hybridized carbons (Fsp3) is 0. The minimum Gasteiger partial charge on any atom is -0.311 e. The van der Waals surface area contributed by atoms with Gasteiger partial charge in [0.1, 0.15) is 4.83 Å². The third-order valence-corrected chi connectivity index (χ3v) is 12.6. The third kappa shape index (κ3) is 4.89. The van der Waals surface area contributed by atoms with Crippen molar-refractivity contribution >= 4 is 106 Å². The molecule has 6 heteroatoms. The molecule has 58 heavy (non-hydrogen) atoms. The Hall–Kier alpha value is -7.28. The number of nitrogens with zero attached hydrogens (tertiary/aromatic N) is 4. The van der Waals surface area contributed by atoms with Gasteiger partial charge in [-0.3, -0.25) is 0 Å². The van der Waals surface area contributed by atoms with E-state index in [1.54, 1.807) is 4.90 Å². The van der Waals surface area contributed by atoms with E-state index in [0.29, 0.717) is 11.4 Å². The second-order valence-corrected chi connectivity index (χ2v) is 15.5. The Balaban J connectivity index is 1.19. The van der Waals surface area contributed by atoms with E-state index in [4.69, 9.17) is 6.85 Å². The summed E-state index contributed by atoms with van der Waals surface area (Å²) in [5.41, 5.74) is 12.3. The average molecular weight is 764 g/mol. The number of hydrogen-bond donors (Lipinski definition) is 0. The van der Waals surface area contributed by atoms with Gasteiger partial charge in [-0.15, -0.1) is 0 Å². The highest BCUT2D eigenvalue weighted by molar-refractivity contribution is 7.26. The molecule has 0 unspecified atom stereocenters. The van der Waals surface area contributed by atoms with Crippen LogP contribution in [0, 0.1) is 0 Å². The number of anilines is 9. The molecule has 2 aliphatic rings. The molecule has 0 bridgehead atoms. The van der Waals surface area contributed by atoms with Crippen LogP contribution in [-0.2, 0) is 0 Å². The number of fused-ring (bicyclic) bond motifs is 8. The lowest BCUT2D eigenvalue weighted by atomic mass is 9.33. The molecule has 0 amide bonds. The molecule has 2 aromatic heterocycles. The molecule has 10 aromatic rings. The molecule has 272 valence electrons. The van der Waals surface area contributed by atoms with Crippen molar-refractivity contribution in [3.05, 3.63) is 212 Å². The van der Waals surface area contributed by atoms with Crippen LogP contribution >= 0.6 is 11.3 Å². The van der Waals surface area contributed by atoms with E-state index in [1.807, 2.05) is 53.8 Å². The van der Waals surface area contributed by atoms with Gasteiger partial charge in [-0.05, 0) is 107 Å². The number of rotatable bonds is 6. The second-order valence-electron chi connectivity index (χ2n) is 14.6. The summed E-state index contributed by atoms with van der Waals surface area (Å²) < 4.78 is 46.5. The quantitative estimate of drug-likeness (QED) is 0.157. The monoisotopic (exact) mass is 763 g/mol. The Morgan fingerprint density at radius 1 is 0.483 bits per heavy atom. The van der Waals surface area contributed by atoms with Gasteiger partial charge in [-0.1, -0.05) is 133 Å². The lowest BCUT2D eigenvalue weighted by molar-refractivity contribution is 1.19. The van der Waals surface area contributed by atoms with E-state index in [-0.39, 0.29) is 36.6 Å². The van der Waals surface area contributed by atoms with Gasteiger partial charge in [0.2, 0.25) is 0 Å². The standard InChI is InChI=1S/C52H35BN4S/c1-6-19-36(20-7-1)54(37-21-8-2-9-22-37)41-33-34-43-47(35-41)55(38-23-10-3-11-24-38)45-31-18-32-46-49(45)53(43)50-48-42-29-16-17-30-44(42)56(39-25-12-4-13-26-39)51(48)58-52(50)57(46)40-27-14-5-15-28-40/h1-35H/i1D,6D,7D,19D,20D. The van der Waals surface area contributed by atoms with Crippen molar-refractivity contribution in [3.63, 3.8) is 0 Å². The first-order chi connectivity index (χ1) is 30.9. The van der Waals surface area contributed by atoms with E-state index in [1.165, 1.54) is 26.5 Å². The number of hydrogen-bond acceptors (Lipinski definition) is 4. The van der Waals surface area contributed by atoms with Crippen LogP contribution in [0.1, 0.15) is 6.85 Å². The van der Waals surface area contributed by atoms with Crippen LogP contribution in [0.5, 0.6) is 0 Å². The smallest absolute Gasteiger partial charge is 0.254 e. The van der Waals surface area contributed by atoms with Gasteiger partial charge in [0.05, 0.1) is 17.4 Å². The van der Waals surface area contributed by atoms with Gasteiger partial charge in [-0.2, -0.15) is 0 Å². The molecule has 0 saturated heterocycles. The minimum absolute atomic E-state index is 0.0867. The highest BCUT2D eigenvalue weighted by Crippen LogP contribution is 2.50. The summed E-state index contributed by atoms with van der Waals surface area (Å²) in [5.74, 6) is 0. The van der Waals surface area contributed by atoms with Gasteiger partial charge in [0.25, 0.3) is 6.71 Å². The molecule has 12 rings (SSSR count). The number of para-hydroxylation sites is 6. The van der Waals surface area contributed by atoms with E-state index in [2.05, 4.69) is 154 Å². The van der Waals surface area contributed by atoms with Crippen molar-refractivity contribution in [1.29, 1.82) is 0 Å². The highest BCUT2D eigenvalue weighted by Gasteiger charge is 2.46. The third-order valence-electron chi connectivity index (χ3n) is 11.4. The zero-order valence-corrected chi connectivity index (χ0v) is 31.9. The lowest BCUT2D eigenvalue weighted by Crippen LogP contribution is -2.61. The van der Waals surface area contributed by atoms with Crippen molar-refractivity contribution in [2.45, 2.75) is 0 Å². The Labute approximate surface area is 348 Å². The summed E-state index contributed by atoms with van der Waals surface area (Å²) in [6.07, 6.45) is 0. The molecule has 0 aliphatic carbocycles. The Bertz CT molecular complexity index is 3410. The number of aromatic nitrogens is 1. The van der Waals surface area contributed by atoms with Crippen molar-refractivity contribution in [1.82, 2.24) is 4.57 Å². The Morgan fingerprint density at radius 3 is 1.79 bits per heavy atom. The van der Waals surface area contributed by atoms with E-state index >= 15 is 0 Å². The predicted octanol–water partition coefficient (Wildman–Crippen LogP) is 12.4. The first kappa shape index (κ1) is 28.2. The SMILES string of the molecule is [2H]c1c([2H])c([2H])c(N(c2ccccc2)c2ccc3c(c2)N(c2ccccc2)c2cccc4c2B3c2c(sc3c2c2ccccc2n3-c2ccccc2)N4c2ccccc2)c([2H])c1[2H]. The van der Waals surface area contributed by atoms with Gasteiger partial charge in [0.15, 0.2) is 0 Å². The minimum atomic E-state index is -0.428. The molecule has 0 N–H and O–H groups in total. The van der Waals surface area contributed by atoms with Gasteiger partial charge >= 0.3 is 0 Å². The van der Waals surface area contributed by atoms with Crippen LogP contribution in [0.15, 0.2) is 212 Å². The lowest BCUT2D eigenvalue weighted by Gasteiger charge is -2.43. The summed E-state index contributed by atoms with van der Waals surface area (Å²) >= 11 is 1.82. The average Bonchev–Trinajstić information content (AvgIpc) is 3.87. The van der Waals surface area contributed by atoms with E-state index < -0.39 is 6.04 Å². The summed E-state index contributed by atoms with van der Waals surface area (Å²) in [6, 6.07) is 61.1. The topological polar surface area (TPSA) is 14.7 Å². The molecule has 0 saturated carbocycles. The number of thiophene rings is 1. The van der Waals surface area contributed by atoms with Gasteiger partial charge < -0.3 is 19.3 Å². The molecular formula is C52H35BN4S. The molecule has 4 nitrogen and oxygen atoms in total. The summed E-state index contributed by atoms with van der Waals surface area (Å²) in [4.78, 5) is 7.74. The highest BCUT2D eigenvalue weighted by atomic mass is 32.1. The van der Waals surface area contributed by atoms with Crippen LogP contribution in [0.2, 0.25) is 0 Å². The van der Waals surface area contributed by atoms with Crippen LogP contribution in [0.25, 0.3) is 26.8 Å².